The van der Waals surface area contributed by atoms with Gasteiger partial charge < -0.3 is 15.7 Å². The number of rotatable bonds is 12. The van der Waals surface area contributed by atoms with Gasteiger partial charge in [-0.3, -0.25) is 10.3 Å². The summed E-state index contributed by atoms with van der Waals surface area (Å²) in [6.07, 6.45) is 10.3. The molecule has 31 heavy (non-hydrogen) atoms. The smallest absolute Gasteiger partial charge is 0.335 e. The highest BCUT2D eigenvalue weighted by Gasteiger charge is 2.26. The molecule has 4 N–H and O–H groups in total. The molecule has 0 saturated carbocycles. The Morgan fingerprint density at radius 1 is 0.903 bits per heavy atom. The van der Waals surface area contributed by atoms with Crippen LogP contribution in [0.15, 0.2) is 34.3 Å². The van der Waals surface area contributed by atoms with Crippen LogP contribution in [0.2, 0.25) is 0 Å². The van der Waals surface area contributed by atoms with Gasteiger partial charge >= 0.3 is 5.97 Å². The quantitative estimate of drug-likeness (QED) is 0.346. The van der Waals surface area contributed by atoms with Crippen LogP contribution in [0.3, 0.4) is 0 Å². The molecule has 0 atom stereocenters. The monoisotopic (exact) mass is 451 g/mol. The predicted molar refractivity (Wildman–Crippen MR) is 130 cm³/mol. The lowest BCUT2D eigenvalue weighted by Gasteiger charge is -2.36. The van der Waals surface area contributed by atoms with Crippen LogP contribution in [-0.2, 0) is 6.54 Å². The summed E-state index contributed by atoms with van der Waals surface area (Å²) < 4.78 is 0. The molecule has 1 aliphatic heterocycles. The fourth-order valence-electron chi connectivity index (χ4n) is 3.32. The van der Waals surface area contributed by atoms with Crippen molar-refractivity contribution in [3.05, 3.63) is 35.4 Å². The first kappa shape index (κ1) is 26.8. The summed E-state index contributed by atoms with van der Waals surface area (Å²) in [5.41, 5.74) is 0.876. The Morgan fingerprint density at radius 3 is 2.03 bits per heavy atom. The molecule has 7 nitrogen and oxygen atoms in total. The molecule has 174 valence electrons. The van der Waals surface area contributed by atoms with E-state index in [2.05, 4.69) is 32.9 Å². The fourth-order valence-corrected chi connectivity index (χ4v) is 3.32. The number of carboxylic acid groups (broad SMARTS) is 1. The van der Waals surface area contributed by atoms with Gasteiger partial charge in [0, 0.05) is 6.54 Å². The Hall–Kier alpha value is -2.28. The number of aromatic carboxylic acids is 1. The Morgan fingerprint density at radius 2 is 1.45 bits per heavy atom. The molecule has 1 saturated heterocycles. The lowest BCUT2D eigenvalue weighted by atomic mass is 10.1. The number of unbranched alkanes of at least 4 members (excludes halogenated alkanes) is 7. The molecule has 1 fully saturated rings. The summed E-state index contributed by atoms with van der Waals surface area (Å²) in [4.78, 5) is 20.2. The van der Waals surface area contributed by atoms with Crippen molar-refractivity contribution >= 4 is 30.3 Å². The highest BCUT2D eigenvalue weighted by Crippen LogP contribution is 2.09. The Kier molecular flexibility index (Phi) is 12.0. The number of nitrogens with zero attached hydrogens (tertiary/aromatic N) is 2. The molecule has 0 bridgehead atoms. The number of hydrogen-bond donors (Lipinski definition) is 4. The minimum absolute atomic E-state index is 0. The molecule has 1 aliphatic rings. The molecular formula is C23H38ClN5O2. The predicted octanol–water partition coefficient (Wildman–Crippen LogP) is 4.68. The molecular weight excluding hydrogens is 414 g/mol. The lowest BCUT2D eigenvalue weighted by Crippen LogP contribution is -2.68. The van der Waals surface area contributed by atoms with Crippen LogP contribution in [0.1, 0.15) is 88.1 Å². The van der Waals surface area contributed by atoms with Gasteiger partial charge in [-0.05, 0) is 38.0 Å². The summed E-state index contributed by atoms with van der Waals surface area (Å²) in [5.74, 6) is 0.478. The zero-order valence-corrected chi connectivity index (χ0v) is 19.9. The van der Waals surface area contributed by atoms with E-state index < -0.39 is 5.97 Å². The van der Waals surface area contributed by atoms with E-state index in [1.807, 2.05) is 13.8 Å². The third-order valence-corrected chi connectivity index (χ3v) is 5.00. The zero-order chi connectivity index (χ0) is 21.8. The van der Waals surface area contributed by atoms with E-state index in [1.165, 1.54) is 44.9 Å². The van der Waals surface area contributed by atoms with E-state index in [9.17, 15) is 4.79 Å². The van der Waals surface area contributed by atoms with E-state index in [1.54, 1.807) is 24.3 Å². The van der Waals surface area contributed by atoms with Crippen LogP contribution in [0.25, 0.3) is 0 Å². The molecule has 0 amide bonds. The maximum atomic E-state index is 11.0. The first-order valence-corrected chi connectivity index (χ1v) is 11.1. The number of aliphatic imine (C=N–C) groups is 2. The lowest BCUT2D eigenvalue weighted by molar-refractivity contribution is 0.0697. The van der Waals surface area contributed by atoms with Gasteiger partial charge in [0.25, 0.3) is 0 Å². The summed E-state index contributed by atoms with van der Waals surface area (Å²) >= 11 is 0. The zero-order valence-electron chi connectivity index (χ0n) is 19.0. The summed E-state index contributed by atoms with van der Waals surface area (Å²) in [6, 6.07) is 6.78. The van der Waals surface area contributed by atoms with Gasteiger partial charge in [0.15, 0.2) is 11.9 Å². The number of halogens is 1. The van der Waals surface area contributed by atoms with E-state index >= 15 is 0 Å². The molecule has 0 unspecified atom stereocenters. The minimum atomic E-state index is -0.923. The van der Waals surface area contributed by atoms with E-state index in [4.69, 9.17) is 5.11 Å². The van der Waals surface area contributed by atoms with Gasteiger partial charge in [0.05, 0.1) is 12.1 Å². The largest absolute Gasteiger partial charge is 0.478 e. The van der Waals surface area contributed by atoms with Crippen molar-refractivity contribution in [1.82, 2.24) is 16.0 Å². The highest BCUT2D eigenvalue weighted by atomic mass is 35.5. The third kappa shape index (κ3) is 10.5. The van der Waals surface area contributed by atoms with Crippen molar-refractivity contribution in [3.63, 3.8) is 0 Å². The second-order valence-electron chi connectivity index (χ2n) is 8.37. The maximum absolute atomic E-state index is 11.0. The molecule has 1 aromatic carbocycles. The third-order valence-electron chi connectivity index (χ3n) is 5.00. The van der Waals surface area contributed by atoms with E-state index in [0.29, 0.717) is 12.5 Å². The number of carbonyl (C=O) groups is 1. The van der Waals surface area contributed by atoms with Crippen LogP contribution < -0.4 is 16.0 Å². The Labute approximate surface area is 192 Å². The molecule has 0 spiro atoms. The molecule has 1 heterocycles. The number of guanidine groups is 2. The molecule has 0 aliphatic carbocycles. The van der Waals surface area contributed by atoms with Crippen molar-refractivity contribution in [2.45, 2.75) is 84.3 Å². The first-order valence-electron chi connectivity index (χ1n) is 11.1. The number of benzene rings is 1. The van der Waals surface area contributed by atoms with Crippen LogP contribution in [-0.4, -0.2) is 35.2 Å². The maximum Gasteiger partial charge on any atom is 0.335 e. The van der Waals surface area contributed by atoms with Gasteiger partial charge in [-0.25, -0.2) is 9.79 Å². The molecule has 8 heteroatoms. The van der Waals surface area contributed by atoms with Gasteiger partial charge in [-0.15, -0.1) is 12.4 Å². The van der Waals surface area contributed by atoms with Crippen molar-refractivity contribution < 1.29 is 9.90 Å². The van der Waals surface area contributed by atoms with Gasteiger partial charge in [-0.2, -0.15) is 0 Å². The molecule has 1 aromatic rings. The second kappa shape index (κ2) is 13.9. The summed E-state index contributed by atoms with van der Waals surface area (Å²) in [5, 5.41) is 18.9. The fraction of sp³-hybridized carbons (Fsp3) is 0.609. The van der Waals surface area contributed by atoms with Crippen molar-refractivity contribution in [1.29, 1.82) is 0 Å². The van der Waals surface area contributed by atoms with Crippen LogP contribution in [0.4, 0.5) is 0 Å². The molecule has 2 rings (SSSR count). The van der Waals surface area contributed by atoms with Crippen LogP contribution in [0, 0.1) is 0 Å². The molecule has 0 aromatic heterocycles. The SMILES string of the molecule is CCCCCCCCCCN=C1NC(=NCc2ccc(C(=O)O)cc2)NC(C)(C)N1.Cl. The Balaban J connectivity index is 0.00000480. The average molecular weight is 452 g/mol. The summed E-state index contributed by atoms with van der Waals surface area (Å²) in [7, 11) is 0. The van der Waals surface area contributed by atoms with Gasteiger partial charge in [0.1, 0.15) is 5.66 Å². The van der Waals surface area contributed by atoms with E-state index in [-0.39, 0.29) is 23.6 Å². The van der Waals surface area contributed by atoms with Crippen molar-refractivity contribution in [2.75, 3.05) is 6.54 Å². The number of nitrogens with one attached hydrogen (secondary N) is 3. The average Bonchev–Trinajstić information content (AvgIpc) is 2.70. The topological polar surface area (TPSA) is 98.1 Å². The van der Waals surface area contributed by atoms with E-state index in [0.717, 1.165) is 24.5 Å². The normalized spacial score (nSPS) is 17.4. The second-order valence-corrected chi connectivity index (χ2v) is 8.37. The summed E-state index contributed by atoms with van der Waals surface area (Å²) in [6.45, 7) is 7.58. The number of hydrogen-bond acceptors (Lipinski definition) is 3. The number of carboxylic acids is 1. The minimum Gasteiger partial charge on any atom is -0.478 e. The van der Waals surface area contributed by atoms with Gasteiger partial charge in [-0.1, -0.05) is 64.0 Å². The van der Waals surface area contributed by atoms with Crippen LogP contribution >= 0.6 is 12.4 Å². The van der Waals surface area contributed by atoms with Crippen LogP contribution in [0.5, 0.6) is 0 Å². The Bertz CT molecular complexity index is 732. The first-order chi connectivity index (χ1) is 14.4. The van der Waals surface area contributed by atoms with Gasteiger partial charge in [0.2, 0.25) is 0 Å². The van der Waals surface area contributed by atoms with Crippen molar-refractivity contribution in [3.8, 4) is 0 Å². The standard InChI is InChI=1S/C23H37N5O2.ClH/c1-4-5-6-7-8-9-10-11-16-24-21-26-22(28-23(2,3)27-21)25-17-18-12-14-19(15-13-18)20(29)30;/h12-15H,4-11,16-17H2,1-3H3,(H,29,30)(H3,24,25,26,27,28);1H. The highest BCUT2D eigenvalue weighted by molar-refractivity contribution is 6.01. The molecule has 0 radical (unpaired) electrons. The van der Waals surface area contributed by atoms with Crippen molar-refractivity contribution in [2.24, 2.45) is 9.98 Å².